The van der Waals surface area contributed by atoms with E-state index < -0.39 is 21.7 Å². The molecule has 0 bridgehead atoms. The molecule has 0 amide bonds. The van der Waals surface area contributed by atoms with Crippen LogP contribution in [0.4, 0.5) is 13.2 Å². The highest BCUT2D eigenvalue weighted by atomic mass is 32.2. The number of nitrogens with zero attached hydrogens (tertiary/aromatic N) is 3. The van der Waals surface area contributed by atoms with Gasteiger partial charge in [0.25, 0.3) is 0 Å². The van der Waals surface area contributed by atoms with Crippen molar-refractivity contribution in [3.05, 3.63) is 36.3 Å². The molecule has 9 heteroatoms. The Morgan fingerprint density at radius 2 is 1.89 bits per heavy atom. The van der Waals surface area contributed by atoms with Crippen LogP contribution in [-0.2, 0) is 16.0 Å². The van der Waals surface area contributed by atoms with E-state index in [0.29, 0.717) is 0 Å². The van der Waals surface area contributed by atoms with Gasteiger partial charge in [-0.3, -0.25) is 0 Å². The van der Waals surface area contributed by atoms with E-state index in [1.165, 1.54) is 12.1 Å². The minimum absolute atomic E-state index is 0.0144. The quantitative estimate of drug-likeness (QED) is 0.844. The molecule has 2 rings (SSSR count). The van der Waals surface area contributed by atoms with Crippen LogP contribution < -0.4 is 0 Å². The number of alkyl halides is 3. The van der Waals surface area contributed by atoms with Crippen LogP contribution in [0.3, 0.4) is 0 Å². The number of hydrogen-bond donors (Lipinski definition) is 0. The summed E-state index contributed by atoms with van der Waals surface area (Å²) in [5.74, 6) is 0.0999. The summed E-state index contributed by atoms with van der Waals surface area (Å²) >= 11 is 0. The van der Waals surface area contributed by atoms with Crippen LogP contribution in [0.5, 0.6) is 0 Å². The zero-order valence-corrected chi connectivity index (χ0v) is 10.4. The Morgan fingerprint density at radius 1 is 1.21 bits per heavy atom. The van der Waals surface area contributed by atoms with E-state index in [-0.39, 0.29) is 10.7 Å². The van der Waals surface area contributed by atoms with Crippen molar-refractivity contribution in [2.45, 2.75) is 11.1 Å². The number of pyridine rings is 1. The fraction of sp³-hybridized carbons (Fsp3) is 0.200. The van der Waals surface area contributed by atoms with E-state index in [1.807, 2.05) is 0 Å². The van der Waals surface area contributed by atoms with Gasteiger partial charge in [-0.2, -0.15) is 18.3 Å². The summed E-state index contributed by atoms with van der Waals surface area (Å²) in [7, 11) is -3.39. The lowest BCUT2D eigenvalue weighted by atomic mass is 10.4. The van der Waals surface area contributed by atoms with Gasteiger partial charge in [-0.1, -0.05) is 0 Å². The third kappa shape index (κ3) is 2.92. The maximum Gasteiger partial charge on any atom is 0.435 e. The van der Waals surface area contributed by atoms with Crippen LogP contribution in [0.2, 0.25) is 0 Å². The third-order valence-electron chi connectivity index (χ3n) is 2.26. The lowest BCUT2D eigenvalue weighted by Gasteiger charge is -2.03. The Bertz CT molecular complexity index is 690. The van der Waals surface area contributed by atoms with Crippen molar-refractivity contribution in [2.24, 2.45) is 0 Å². The molecule has 2 aromatic rings. The molecular weight excluding hydrogens is 283 g/mol. The highest BCUT2D eigenvalue weighted by Crippen LogP contribution is 2.27. The topological polar surface area (TPSA) is 64.8 Å². The minimum Gasteiger partial charge on any atom is -0.236 e. The Morgan fingerprint density at radius 3 is 2.32 bits per heavy atom. The van der Waals surface area contributed by atoms with E-state index in [4.69, 9.17) is 0 Å². The molecule has 0 atom stereocenters. The second-order valence-electron chi connectivity index (χ2n) is 3.77. The summed E-state index contributed by atoms with van der Waals surface area (Å²) in [5, 5.41) is 3.32. The van der Waals surface area contributed by atoms with E-state index in [9.17, 15) is 21.6 Å². The molecule has 0 aromatic carbocycles. The fourth-order valence-electron chi connectivity index (χ4n) is 1.33. The molecule has 0 aliphatic carbocycles. The number of rotatable bonds is 2. The van der Waals surface area contributed by atoms with Gasteiger partial charge in [0.1, 0.15) is 0 Å². The number of sulfone groups is 1. The van der Waals surface area contributed by atoms with E-state index in [2.05, 4.69) is 10.1 Å². The molecule has 0 unspecified atom stereocenters. The maximum atomic E-state index is 12.4. The Balaban J connectivity index is 2.36. The molecule has 2 heterocycles. The average molecular weight is 291 g/mol. The van der Waals surface area contributed by atoms with Gasteiger partial charge in [0.05, 0.1) is 4.90 Å². The van der Waals surface area contributed by atoms with Gasteiger partial charge in [0.2, 0.25) is 0 Å². The van der Waals surface area contributed by atoms with Gasteiger partial charge < -0.3 is 0 Å². The van der Waals surface area contributed by atoms with Gasteiger partial charge in [-0.15, -0.1) is 0 Å². The normalized spacial score (nSPS) is 12.6. The van der Waals surface area contributed by atoms with Gasteiger partial charge in [-0.05, 0) is 18.2 Å². The summed E-state index contributed by atoms with van der Waals surface area (Å²) in [4.78, 5) is 3.75. The molecule has 0 radical (unpaired) electrons. The van der Waals surface area contributed by atoms with Crippen LogP contribution in [-0.4, -0.2) is 29.4 Å². The smallest absolute Gasteiger partial charge is 0.236 e. The second-order valence-corrected chi connectivity index (χ2v) is 5.78. The summed E-state index contributed by atoms with van der Waals surface area (Å²) in [6.45, 7) is 0. The number of aromatic nitrogens is 3. The maximum absolute atomic E-state index is 12.4. The molecule has 5 nitrogen and oxygen atoms in total. The zero-order chi connectivity index (χ0) is 14.3. The van der Waals surface area contributed by atoms with Gasteiger partial charge in [0, 0.05) is 18.6 Å². The van der Waals surface area contributed by atoms with Crippen LogP contribution in [0.1, 0.15) is 5.69 Å². The molecular formula is C10H8F3N3O2S. The van der Waals surface area contributed by atoms with Gasteiger partial charge >= 0.3 is 6.18 Å². The molecule has 0 fully saturated rings. The summed E-state index contributed by atoms with van der Waals surface area (Å²) in [6, 6.07) is 3.35. The number of halogens is 3. The SMILES string of the molecule is CS(=O)(=O)c1ccc(-n2ccc(C(F)(F)F)n2)nc1. The first-order valence-electron chi connectivity index (χ1n) is 4.97. The van der Waals surface area contributed by atoms with Crippen molar-refractivity contribution in [2.75, 3.05) is 6.26 Å². The van der Waals surface area contributed by atoms with Gasteiger partial charge in [-0.25, -0.2) is 18.1 Å². The van der Waals surface area contributed by atoms with Gasteiger partial charge in [0.15, 0.2) is 21.3 Å². The highest BCUT2D eigenvalue weighted by molar-refractivity contribution is 7.90. The first-order valence-corrected chi connectivity index (χ1v) is 6.86. The first kappa shape index (κ1) is 13.5. The van der Waals surface area contributed by atoms with Crippen LogP contribution in [0, 0.1) is 0 Å². The standard InChI is InChI=1S/C10H8F3N3O2S/c1-19(17,18)7-2-3-9(14-6-7)16-5-4-8(15-16)10(11,12)13/h2-6H,1H3. The molecule has 102 valence electrons. The van der Waals surface area contributed by atoms with E-state index >= 15 is 0 Å². The Labute approximate surface area is 106 Å². The van der Waals surface area contributed by atoms with E-state index in [0.717, 1.165) is 29.4 Å². The summed E-state index contributed by atoms with van der Waals surface area (Å²) in [5.41, 5.74) is -1.04. The van der Waals surface area contributed by atoms with Crippen molar-refractivity contribution in [1.29, 1.82) is 0 Å². The molecule has 0 spiro atoms. The van der Waals surface area contributed by atoms with Crippen molar-refractivity contribution in [3.8, 4) is 5.82 Å². The molecule has 0 saturated heterocycles. The molecule has 0 N–H and O–H groups in total. The monoisotopic (exact) mass is 291 g/mol. The zero-order valence-electron chi connectivity index (χ0n) is 9.59. The summed E-state index contributed by atoms with van der Waals surface area (Å²) in [6.07, 6.45) is -1.35. The Kier molecular flexibility index (Phi) is 3.09. The molecule has 0 aliphatic heterocycles. The molecule has 19 heavy (non-hydrogen) atoms. The lowest BCUT2D eigenvalue weighted by Crippen LogP contribution is -2.08. The predicted molar refractivity (Wildman–Crippen MR) is 59.5 cm³/mol. The lowest BCUT2D eigenvalue weighted by molar-refractivity contribution is -0.141. The second kappa shape index (κ2) is 4.34. The van der Waals surface area contributed by atoms with Crippen LogP contribution >= 0.6 is 0 Å². The largest absolute Gasteiger partial charge is 0.435 e. The highest BCUT2D eigenvalue weighted by Gasteiger charge is 2.33. The molecule has 0 aliphatic rings. The Hall–Kier alpha value is -1.90. The van der Waals surface area contributed by atoms with Crippen molar-refractivity contribution >= 4 is 9.84 Å². The van der Waals surface area contributed by atoms with E-state index in [1.54, 1.807) is 0 Å². The predicted octanol–water partition coefficient (Wildman–Crippen LogP) is 1.69. The van der Waals surface area contributed by atoms with Crippen molar-refractivity contribution in [3.63, 3.8) is 0 Å². The van der Waals surface area contributed by atoms with Crippen molar-refractivity contribution in [1.82, 2.24) is 14.8 Å². The average Bonchev–Trinajstić information content (AvgIpc) is 2.77. The summed E-state index contributed by atoms with van der Waals surface area (Å²) < 4.78 is 60.4. The first-order chi connectivity index (χ1) is 8.68. The molecule has 2 aromatic heterocycles. The van der Waals surface area contributed by atoms with Crippen molar-refractivity contribution < 1.29 is 21.6 Å². The fourth-order valence-corrected chi connectivity index (χ4v) is 1.89. The van der Waals surface area contributed by atoms with Crippen LogP contribution in [0.25, 0.3) is 5.82 Å². The third-order valence-corrected chi connectivity index (χ3v) is 3.36. The number of hydrogen-bond acceptors (Lipinski definition) is 4. The minimum atomic E-state index is -4.53. The molecule has 0 saturated carbocycles. The van der Waals surface area contributed by atoms with Crippen LogP contribution in [0.15, 0.2) is 35.5 Å².